The maximum absolute atomic E-state index is 13.6. The van der Waals surface area contributed by atoms with E-state index in [2.05, 4.69) is 10.3 Å². The van der Waals surface area contributed by atoms with Crippen LogP contribution in [0.5, 0.6) is 0 Å². The molecule has 0 radical (unpaired) electrons. The summed E-state index contributed by atoms with van der Waals surface area (Å²) in [6.45, 7) is 1.91. The SMILES string of the molecule is O=C(Nc1c[nH]c2c(F)cccc2c1=O)N1CCOCC1. The summed E-state index contributed by atoms with van der Waals surface area (Å²) in [5.41, 5.74) is -0.179. The molecule has 2 heterocycles. The van der Waals surface area contributed by atoms with Crippen LogP contribution in [-0.4, -0.2) is 42.2 Å². The number of nitrogens with zero attached hydrogens (tertiary/aromatic N) is 1. The molecule has 1 aromatic heterocycles. The Kier molecular flexibility index (Phi) is 3.57. The van der Waals surface area contributed by atoms with Gasteiger partial charge >= 0.3 is 6.03 Å². The van der Waals surface area contributed by atoms with E-state index in [-0.39, 0.29) is 22.6 Å². The molecule has 0 unspecified atom stereocenters. The van der Waals surface area contributed by atoms with Crippen molar-refractivity contribution < 1.29 is 13.9 Å². The number of urea groups is 1. The van der Waals surface area contributed by atoms with Crippen LogP contribution in [-0.2, 0) is 4.74 Å². The monoisotopic (exact) mass is 291 g/mol. The second kappa shape index (κ2) is 5.53. The van der Waals surface area contributed by atoms with E-state index in [4.69, 9.17) is 4.74 Å². The molecule has 2 N–H and O–H groups in total. The Morgan fingerprint density at radius 1 is 1.33 bits per heavy atom. The number of carbonyl (C=O) groups excluding carboxylic acids is 1. The highest BCUT2D eigenvalue weighted by Crippen LogP contribution is 2.14. The van der Waals surface area contributed by atoms with Crippen LogP contribution in [0.4, 0.5) is 14.9 Å². The number of anilines is 1. The average molecular weight is 291 g/mol. The standard InChI is InChI=1S/C14H14FN3O3/c15-10-3-1-2-9-12(10)16-8-11(13(9)19)17-14(20)18-4-6-21-7-5-18/h1-3,8H,4-7H2,(H,16,19)(H,17,20). The van der Waals surface area contributed by atoms with Crippen LogP contribution in [0.25, 0.3) is 10.9 Å². The number of pyridine rings is 1. The molecule has 3 rings (SSSR count). The summed E-state index contributed by atoms with van der Waals surface area (Å²) < 4.78 is 18.7. The van der Waals surface area contributed by atoms with Crippen LogP contribution in [0.2, 0.25) is 0 Å². The smallest absolute Gasteiger partial charge is 0.322 e. The van der Waals surface area contributed by atoms with E-state index in [0.717, 1.165) is 0 Å². The molecule has 0 saturated carbocycles. The van der Waals surface area contributed by atoms with Gasteiger partial charge in [0.2, 0.25) is 5.43 Å². The zero-order chi connectivity index (χ0) is 14.8. The Labute approximate surface area is 119 Å². The third-order valence-electron chi connectivity index (χ3n) is 3.40. The van der Waals surface area contributed by atoms with Crippen molar-refractivity contribution in [3.8, 4) is 0 Å². The van der Waals surface area contributed by atoms with E-state index >= 15 is 0 Å². The molecule has 1 aliphatic rings. The highest BCUT2D eigenvalue weighted by molar-refractivity contribution is 5.92. The molecule has 1 saturated heterocycles. The summed E-state index contributed by atoms with van der Waals surface area (Å²) in [6.07, 6.45) is 1.31. The minimum Gasteiger partial charge on any atom is -0.378 e. The zero-order valence-corrected chi connectivity index (χ0v) is 11.2. The van der Waals surface area contributed by atoms with Gasteiger partial charge in [0.15, 0.2) is 0 Å². The van der Waals surface area contributed by atoms with E-state index in [1.54, 1.807) is 4.90 Å². The molecule has 0 aliphatic carbocycles. The molecular weight excluding hydrogens is 277 g/mol. The van der Waals surface area contributed by atoms with E-state index in [1.165, 1.54) is 24.4 Å². The summed E-state index contributed by atoms with van der Waals surface area (Å²) in [5, 5.41) is 2.76. The summed E-state index contributed by atoms with van der Waals surface area (Å²) in [4.78, 5) is 28.6. The molecule has 21 heavy (non-hydrogen) atoms. The molecular formula is C14H14FN3O3. The molecule has 110 valence electrons. The number of carbonyl (C=O) groups is 1. The lowest BCUT2D eigenvalue weighted by molar-refractivity contribution is 0.0564. The van der Waals surface area contributed by atoms with Crippen LogP contribution in [0.15, 0.2) is 29.2 Å². The second-order valence-corrected chi connectivity index (χ2v) is 4.72. The minimum atomic E-state index is -0.504. The number of amides is 2. The normalized spacial score (nSPS) is 15.2. The quantitative estimate of drug-likeness (QED) is 0.836. The largest absolute Gasteiger partial charge is 0.378 e. The summed E-state index contributed by atoms with van der Waals surface area (Å²) in [6, 6.07) is 3.88. The third kappa shape index (κ3) is 2.59. The molecule has 2 amide bonds. The van der Waals surface area contributed by atoms with Gasteiger partial charge in [-0.05, 0) is 12.1 Å². The number of ether oxygens (including phenoxy) is 1. The Hall–Kier alpha value is -2.41. The first-order chi connectivity index (χ1) is 10.2. The van der Waals surface area contributed by atoms with Crippen LogP contribution in [0.1, 0.15) is 0 Å². The lowest BCUT2D eigenvalue weighted by Gasteiger charge is -2.26. The number of morpholine rings is 1. The maximum atomic E-state index is 13.6. The first-order valence-electron chi connectivity index (χ1n) is 6.60. The van der Waals surface area contributed by atoms with E-state index in [9.17, 15) is 14.0 Å². The number of fused-ring (bicyclic) bond motifs is 1. The minimum absolute atomic E-state index is 0.101. The van der Waals surface area contributed by atoms with Crippen molar-refractivity contribution in [2.24, 2.45) is 0 Å². The van der Waals surface area contributed by atoms with Gasteiger partial charge in [0.25, 0.3) is 0 Å². The highest BCUT2D eigenvalue weighted by atomic mass is 19.1. The number of hydrogen-bond donors (Lipinski definition) is 2. The molecule has 0 spiro atoms. The summed E-state index contributed by atoms with van der Waals surface area (Å²) in [5.74, 6) is -0.504. The molecule has 0 atom stereocenters. The fourth-order valence-corrected chi connectivity index (χ4v) is 2.27. The maximum Gasteiger partial charge on any atom is 0.322 e. The van der Waals surface area contributed by atoms with Gasteiger partial charge in [-0.2, -0.15) is 0 Å². The van der Waals surface area contributed by atoms with Gasteiger partial charge in [0.1, 0.15) is 11.5 Å². The molecule has 2 aromatic rings. The summed E-state index contributed by atoms with van der Waals surface area (Å²) >= 11 is 0. The number of para-hydroxylation sites is 1. The Balaban J connectivity index is 1.89. The Morgan fingerprint density at radius 3 is 2.86 bits per heavy atom. The number of benzene rings is 1. The fourth-order valence-electron chi connectivity index (χ4n) is 2.27. The van der Waals surface area contributed by atoms with Gasteiger partial charge in [0.05, 0.1) is 24.1 Å². The lowest BCUT2D eigenvalue weighted by atomic mass is 10.2. The predicted molar refractivity (Wildman–Crippen MR) is 75.9 cm³/mol. The first-order valence-corrected chi connectivity index (χ1v) is 6.60. The zero-order valence-electron chi connectivity index (χ0n) is 11.2. The van der Waals surface area contributed by atoms with Gasteiger partial charge in [-0.25, -0.2) is 9.18 Å². The van der Waals surface area contributed by atoms with Crippen molar-refractivity contribution in [2.45, 2.75) is 0 Å². The van der Waals surface area contributed by atoms with E-state index in [1.807, 2.05) is 0 Å². The van der Waals surface area contributed by atoms with E-state index < -0.39 is 11.2 Å². The Morgan fingerprint density at radius 2 is 2.10 bits per heavy atom. The molecule has 7 heteroatoms. The van der Waals surface area contributed by atoms with Crippen LogP contribution >= 0.6 is 0 Å². The van der Waals surface area contributed by atoms with Crippen LogP contribution in [0.3, 0.4) is 0 Å². The molecule has 1 fully saturated rings. The van der Waals surface area contributed by atoms with Crippen molar-refractivity contribution in [3.63, 3.8) is 0 Å². The van der Waals surface area contributed by atoms with Crippen molar-refractivity contribution in [2.75, 3.05) is 31.6 Å². The number of aromatic nitrogens is 1. The van der Waals surface area contributed by atoms with Gasteiger partial charge in [0, 0.05) is 19.3 Å². The number of rotatable bonds is 1. The topological polar surface area (TPSA) is 74.4 Å². The number of nitrogens with one attached hydrogen (secondary N) is 2. The number of aromatic amines is 1. The second-order valence-electron chi connectivity index (χ2n) is 4.72. The van der Waals surface area contributed by atoms with Crippen molar-refractivity contribution in [1.29, 1.82) is 0 Å². The van der Waals surface area contributed by atoms with Crippen molar-refractivity contribution >= 4 is 22.6 Å². The van der Waals surface area contributed by atoms with Gasteiger partial charge in [-0.15, -0.1) is 0 Å². The number of hydrogen-bond acceptors (Lipinski definition) is 3. The molecule has 1 aliphatic heterocycles. The van der Waals surface area contributed by atoms with Gasteiger partial charge in [-0.1, -0.05) is 6.07 Å². The number of halogens is 1. The third-order valence-corrected chi connectivity index (χ3v) is 3.40. The first kappa shape index (κ1) is 13.6. The molecule has 6 nitrogen and oxygen atoms in total. The lowest BCUT2D eigenvalue weighted by Crippen LogP contribution is -2.43. The van der Waals surface area contributed by atoms with Crippen molar-refractivity contribution in [3.05, 3.63) is 40.4 Å². The summed E-state index contributed by atoms with van der Waals surface area (Å²) in [7, 11) is 0. The average Bonchev–Trinajstić information content (AvgIpc) is 2.51. The van der Waals surface area contributed by atoms with Gasteiger partial charge in [-0.3, -0.25) is 4.79 Å². The van der Waals surface area contributed by atoms with E-state index in [0.29, 0.717) is 26.3 Å². The van der Waals surface area contributed by atoms with Crippen LogP contribution < -0.4 is 10.7 Å². The Bertz CT molecular complexity index is 738. The predicted octanol–water partition coefficient (Wildman–Crippen LogP) is 1.53. The number of H-pyrrole nitrogens is 1. The molecule has 1 aromatic carbocycles. The van der Waals surface area contributed by atoms with Gasteiger partial charge < -0.3 is 19.9 Å². The van der Waals surface area contributed by atoms with Crippen molar-refractivity contribution in [1.82, 2.24) is 9.88 Å². The molecule has 0 bridgehead atoms. The highest BCUT2D eigenvalue weighted by Gasteiger charge is 2.18. The fraction of sp³-hybridized carbons (Fsp3) is 0.286. The van der Waals surface area contributed by atoms with Crippen LogP contribution in [0, 0.1) is 5.82 Å².